The number of morpholine rings is 1. The van der Waals surface area contributed by atoms with Crippen LogP contribution in [0.4, 0.5) is 0 Å². The third-order valence-electron chi connectivity index (χ3n) is 3.54. The van der Waals surface area contributed by atoms with E-state index in [1.54, 1.807) is 0 Å². The van der Waals surface area contributed by atoms with Gasteiger partial charge >= 0.3 is 0 Å². The molecule has 0 saturated carbocycles. The maximum absolute atomic E-state index is 5.33. The SMILES string of the molecule is CC(C)C(C)CNCCCN1CCOCC1. The van der Waals surface area contributed by atoms with Crippen molar-refractivity contribution < 1.29 is 4.74 Å². The largest absolute Gasteiger partial charge is 0.379 e. The Morgan fingerprint density at radius 3 is 2.50 bits per heavy atom. The highest BCUT2D eigenvalue weighted by Crippen LogP contribution is 2.07. The molecule has 0 aromatic rings. The highest BCUT2D eigenvalue weighted by molar-refractivity contribution is 4.64. The van der Waals surface area contributed by atoms with Crippen LogP contribution in [0.25, 0.3) is 0 Å². The Bertz CT molecular complexity index is 167. The van der Waals surface area contributed by atoms with Crippen LogP contribution in [-0.2, 0) is 4.74 Å². The minimum atomic E-state index is 0.781. The van der Waals surface area contributed by atoms with Crippen LogP contribution in [0.2, 0.25) is 0 Å². The number of rotatable bonds is 7. The smallest absolute Gasteiger partial charge is 0.0594 e. The van der Waals surface area contributed by atoms with Gasteiger partial charge in [-0.3, -0.25) is 4.90 Å². The molecule has 0 aromatic carbocycles. The van der Waals surface area contributed by atoms with E-state index in [9.17, 15) is 0 Å². The molecule has 3 heteroatoms. The molecule has 1 fully saturated rings. The zero-order valence-corrected chi connectivity index (χ0v) is 11.2. The second-order valence-electron chi connectivity index (χ2n) is 5.23. The summed E-state index contributed by atoms with van der Waals surface area (Å²) in [6.45, 7) is 14.5. The van der Waals surface area contributed by atoms with E-state index in [0.717, 1.165) is 51.2 Å². The molecule has 0 radical (unpaired) electrons. The van der Waals surface area contributed by atoms with Crippen molar-refractivity contribution in [3.8, 4) is 0 Å². The molecule has 0 aliphatic carbocycles. The monoisotopic (exact) mass is 228 g/mol. The first-order chi connectivity index (χ1) is 7.70. The van der Waals surface area contributed by atoms with Gasteiger partial charge in [0.1, 0.15) is 0 Å². The van der Waals surface area contributed by atoms with Crippen LogP contribution in [0.5, 0.6) is 0 Å². The summed E-state index contributed by atoms with van der Waals surface area (Å²) in [4.78, 5) is 2.50. The first-order valence-electron chi connectivity index (χ1n) is 6.71. The molecule has 3 nitrogen and oxygen atoms in total. The molecule has 1 aliphatic rings. The molecule has 0 bridgehead atoms. The van der Waals surface area contributed by atoms with Crippen LogP contribution in [0, 0.1) is 11.8 Å². The fourth-order valence-electron chi connectivity index (χ4n) is 1.82. The molecule has 1 rings (SSSR count). The predicted molar refractivity (Wildman–Crippen MR) is 68.7 cm³/mol. The van der Waals surface area contributed by atoms with E-state index in [1.807, 2.05) is 0 Å². The molecule has 1 heterocycles. The van der Waals surface area contributed by atoms with Crippen molar-refractivity contribution in [3.05, 3.63) is 0 Å². The summed E-state index contributed by atoms with van der Waals surface area (Å²) >= 11 is 0. The summed E-state index contributed by atoms with van der Waals surface area (Å²) in [6, 6.07) is 0. The van der Waals surface area contributed by atoms with E-state index in [-0.39, 0.29) is 0 Å². The lowest BCUT2D eigenvalue weighted by molar-refractivity contribution is 0.0374. The molecule has 0 amide bonds. The first kappa shape index (κ1) is 13.9. The number of ether oxygens (including phenoxy) is 1. The van der Waals surface area contributed by atoms with E-state index in [4.69, 9.17) is 4.74 Å². The van der Waals surface area contributed by atoms with Crippen molar-refractivity contribution in [1.29, 1.82) is 0 Å². The minimum Gasteiger partial charge on any atom is -0.379 e. The van der Waals surface area contributed by atoms with Crippen molar-refractivity contribution in [2.45, 2.75) is 27.2 Å². The highest BCUT2D eigenvalue weighted by atomic mass is 16.5. The van der Waals surface area contributed by atoms with Crippen molar-refractivity contribution in [1.82, 2.24) is 10.2 Å². The standard InChI is InChI=1S/C13H28N2O/c1-12(2)13(3)11-14-5-4-6-15-7-9-16-10-8-15/h12-14H,4-11H2,1-3H3. The van der Waals surface area contributed by atoms with Crippen molar-refractivity contribution >= 4 is 0 Å². The molecule has 0 spiro atoms. The van der Waals surface area contributed by atoms with Gasteiger partial charge in [0.05, 0.1) is 13.2 Å². The molecule has 0 aromatic heterocycles. The Balaban J connectivity index is 1.91. The zero-order valence-electron chi connectivity index (χ0n) is 11.2. The molecule has 1 aliphatic heterocycles. The summed E-state index contributed by atoms with van der Waals surface area (Å²) in [7, 11) is 0. The number of nitrogens with zero attached hydrogens (tertiary/aromatic N) is 1. The van der Waals surface area contributed by atoms with Gasteiger partial charge in [0.2, 0.25) is 0 Å². The Morgan fingerprint density at radius 2 is 1.88 bits per heavy atom. The van der Waals surface area contributed by atoms with Crippen LogP contribution in [0.15, 0.2) is 0 Å². The van der Waals surface area contributed by atoms with E-state index in [0.29, 0.717) is 0 Å². The summed E-state index contributed by atoms with van der Waals surface area (Å²) in [5.41, 5.74) is 0. The van der Waals surface area contributed by atoms with Gasteiger partial charge in [-0.2, -0.15) is 0 Å². The van der Waals surface area contributed by atoms with Crippen molar-refractivity contribution in [2.24, 2.45) is 11.8 Å². The predicted octanol–water partition coefficient (Wildman–Crippen LogP) is 1.59. The molecular weight excluding hydrogens is 200 g/mol. The van der Waals surface area contributed by atoms with Crippen molar-refractivity contribution in [2.75, 3.05) is 45.9 Å². The Hall–Kier alpha value is -0.120. The number of hydrogen-bond donors (Lipinski definition) is 1. The average molecular weight is 228 g/mol. The van der Waals surface area contributed by atoms with Crippen LogP contribution < -0.4 is 5.32 Å². The summed E-state index contributed by atoms with van der Waals surface area (Å²) in [5.74, 6) is 1.56. The minimum absolute atomic E-state index is 0.781. The van der Waals surface area contributed by atoms with E-state index >= 15 is 0 Å². The van der Waals surface area contributed by atoms with Gasteiger partial charge in [0.15, 0.2) is 0 Å². The first-order valence-corrected chi connectivity index (χ1v) is 6.71. The van der Waals surface area contributed by atoms with Crippen molar-refractivity contribution in [3.63, 3.8) is 0 Å². The van der Waals surface area contributed by atoms with Crippen LogP contribution in [0.3, 0.4) is 0 Å². The quantitative estimate of drug-likeness (QED) is 0.670. The fraction of sp³-hybridized carbons (Fsp3) is 1.00. The third-order valence-corrected chi connectivity index (χ3v) is 3.54. The Kier molecular flexibility index (Phi) is 7.01. The lowest BCUT2D eigenvalue weighted by Gasteiger charge is -2.26. The third kappa shape index (κ3) is 5.83. The van der Waals surface area contributed by atoms with Crippen LogP contribution >= 0.6 is 0 Å². The molecule has 16 heavy (non-hydrogen) atoms. The van der Waals surface area contributed by atoms with Gasteiger partial charge in [0.25, 0.3) is 0 Å². The second-order valence-corrected chi connectivity index (χ2v) is 5.23. The van der Waals surface area contributed by atoms with E-state index in [2.05, 4.69) is 31.0 Å². The maximum Gasteiger partial charge on any atom is 0.0594 e. The Morgan fingerprint density at radius 1 is 1.19 bits per heavy atom. The molecule has 1 N–H and O–H groups in total. The topological polar surface area (TPSA) is 24.5 Å². The Labute approximate surface area is 101 Å². The average Bonchev–Trinajstić information content (AvgIpc) is 2.29. The normalized spacial score (nSPS) is 20.2. The summed E-state index contributed by atoms with van der Waals surface area (Å²) in [6.07, 6.45) is 1.25. The molecule has 1 saturated heterocycles. The molecule has 1 unspecified atom stereocenters. The van der Waals surface area contributed by atoms with Crippen LogP contribution in [0.1, 0.15) is 27.2 Å². The van der Waals surface area contributed by atoms with Gasteiger partial charge < -0.3 is 10.1 Å². The molecule has 1 atom stereocenters. The van der Waals surface area contributed by atoms with Gasteiger partial charge in [-0.1, -0.05) is 20.8 Å². The van der Waals surface area contributed by atoms with Gasteiger partial charge in [-0.05, 0) is 37.9 Å². The van der Waals surface area contributed by atoms with Gasteiger partial charge in [-0.25, -0.2) is 0 Å². The highest BCUT2D eigenvalue weighted by Gasteiger charge is 2.09. The van der Waals surface area contributed by atoms with Gasteiger partial charge in [-0.15, -0.1) is 0 Å². The lowest BCUT2D eigenvalue weighted by atomic mass is 9.98. The molecule has 96 valence electrons. The number of hydrogen-bond acceptors (Lipinski definition) is 3. The van der Waals surface area contributed by atoms with Gasteiger partial charge in [0, 0.05) is 13.1 Å². The molecular formula is C13H28N2O. The summed E-state index contributed by atoms with van der Waals surface area (Å²) in [5, 5.41) is 3.55. The maximum atomic E-state index is 5.33. The zero-order chi connectivity index (χ0) is 11.8. The lowest BCUT2D eigenvalue weighted by Crippen LogP contribution is -2.38. The number of nitrogens with one attached hydrogen (secondary N) is 1. The van der Waals surface area contributed by atoms with Crippen LogP contribution in [-0.4, -0.2) is 50.8 Å². The van der Waals surface area contributed by atoms with E-state index in [1.165, 1.54) is 13.0 Å². The second kappa shape index (κ2) is 8.04. The summed E-state index contributed by atoms with van der Waals surface area (Å²) < 4.78 is 5.33. The van der Waals surface area contributed by atoms with E-state index < -0.39 is 0 Å². The fourth-order valence-corrected chi connectivity index (χ4v) is 1.82.